The van der Waals surface area contributed by atoms with E-state index in [-0.39, 0.29) is 25.5 Å². The van der Waals surface area contributed by atoms with Gasteiger partial charge in [-0.1, -0.05) is 0 Å². The molecule has 1 aliphatic heterocycles. The lowest BCUT2D eigenvalue weighted by Crippen LogP contribution is -2.54. The Morgan fingerprint density at radius 3 is 2.67 bits per heavy atom. The third kappa shape index (κ3) is 4.40. The first-order chi connectivity index (χ1) is 8.12. The summed E-state index contributed by atoms with van der Waals surface area (Å²) in [6.45, 7) is -2.03. The molecule has 0 aromatic heterocycles. The van der Waals surface area contributed by atoms with E-state index in [4.69, 9.17) is 15.9 Å². The Morgan fingerprint density at radius 1 is 1.56 bits per heavy atom. The van der Waals surface area contributed by atoms with Crippen LogP contribution in [0.5, 0.6) is 0 Å². The lowest BCUT2D eigenvalue weighted by atomic mass is 10.3. The normalized spacial score (nSPS) is 22.9. The summed E-state index contributed by atoms with van der Waals surface area (Å²) < 4.78 is 66.1. The highest BCUT2D eigenvalue weighted by molar-refractivity contribution is 7.87. The number of nitrogens with one attached hydrogen (secondary N) is 2. The average Bonchev–Trinajstić information content (AvgIpc) is 2.26. The van der Waals surface area contributed by atoms with Crippen LogP contribution in [0.15, 0.2) is 0 Å². The Balaban J connectivity index is 2.64. The highest BCUT2D eigenvalue weighted by Crippen LogP contribution is 2.14. The fourth-order valence-electron chi connectivity index (χ4n) is 1.30. The summed E-state index contributed by atoms with van der Waals surface area (Å²) in [5, 5.41) is 7.12. The standard InChI is InChI=1S/C7H13F3N4O3S/c8-7(9,10)4-13-18(15,16)14-1-2-17-5(3-14)6(11)12/h5,13H,1-4H2,(H3,11,12). The van der Waals surface area contributed by atoms with Crippen molar-refractivity contribution >= 4 is 16.0 Å². The fraction of sp³-hybridized carbons (Fsp3) is 0.857. The second kappa shape index (κ2) is 5.38. The van der Waals surface area contributed by atoms with Gasteiger partial charge < -0.3 is 10.5 Å². The maximum absolute atomic E-state index is 11.9. The number of nitrogens with two attached hydrogens (primary N) is 1. The van der Waals surface area contributed by atoms with E-state index < -0.39 is 29.0 Å². The second-order valence-electron chi connectivity index (χ2n) is 3.61. The predicted molar refractivity (Wildman–Crippen MR) is 56.2 cm³/mol. The monoisotopic (exact) mass is 290 g/mol. The Morgan fingerprint density at radius 2 is 2.17 bits per heavy atom. The molecule has 4 N–H and O–H groups in total. The van der Waals surface area contributed by atoms with Gasteiger partial charge in [-0.05, 0) is 0 Å². The maximum Gasteiger partial charge on any atom is 0.402 e. The summed E-state index contributed by atoms with van der Waals surface area (Å²) in [5.74, 6) is -0.370. The number of alkyl halides is 3. The molecule has 1 saturated heterocycles. The Labute approximate surface area is 102 Å². The van der Waals surface area contributed by atoms with Gasteiger partial charge in [0.1, 0.15) is 18.5 Å². The van der Waals surface area contributed by atoms with Crippen molar-refractivity contribution in [1.82, 2.24) is 9.03 Å². The third-order valence-corrected chi connectivity index (χ3v) is 3.69. The van der Waals surface area contributed by atoms with Gasteiger partial charge in [0.15, 0.2) is 0 Å². The van der Waals surface area contributed by atoms with Gasteiger partial charge in [0, 0.05) is 13.1 Å². The van der Waals surface area contributed by atoms with Crippen molar-refractivity contribution in [2.24, 2.45) is 5.73 Å². The first-order valence-electron chi connectivity index (χ1n) is 4.89. The second-order valence-corrected chi connectivity index (χ2v) is 5.37. The average molecular weight is 290 g/mol. The number of rotatable bonds is 4. The summed E-state index contributed by atoms with van der Waals surface area (Å²) in [6, 6.07) is 0. The molecule has 0 saturated carbocycles. The SMILES string of the molecule is N=C(N)C1CN(S(=O)(=O)NCC(F)(F)F)CCO1. The molecule has 0 bridgehead atoms. The number of hydrogen-bond donors (Lipinski definition) is 3. The highest BCUT2D eigenvalue weighted by Gasteiger charge is 2.34. The van der Waals surface area contributed by atoms with Crippen molar-refractivity contribution in [2.45, 2.75) is 12.3 Å². The fourth-order valence-corrected chi connectivity index (χ4v) is 2.47. The van der Waals surface area contributed by atoms with Gasteiger partial charge in [-0.15, -0.1) is 0 Å². The summed E-state index contributed by atoms with van der Waals surface area (Å²) in [4.78, 5) is 0. The molecule has 0 amide bonds. The zero-order valence-corrected chi connectivity index (χ0v) is 10.0. The molecule has 1 fully saturated rings. The molecule has 1 unspecified atom stereocenters. The summed E-state index contributed by atoms with van der Waals surface area (Å²) >= 11 is 0. The van der Waals surface area contributed by atoms with Crippen LogP contribution in [0.4, 0.5) is 13.2 Å². The van der Waals surface area contributed by atoms with E-state index in [2.05, 4.69) is 0 Å². The maximum atomic E-state index is 11.9. The molecule has 7 nitrogen and oxygen atoms in total. The molecular weight excluding hydrogens is 277 g/mol. The smallest absolute Gasteiger partial charge is 0.385 e. The van der Waals surface area contributed by atoms with Crippen LogP contribution in [0.3, 0.4) is 0 Å². The minimum atomic E-state index is -4.63. The van der Waals surface area contributed by atoms with E-state index in [0.717, 1.165) is 4.31 Å². The molecular formula is C7H13F3N4O3S. The van der Waals surface area contributed by atoms with E-state index in [1.165, 1.54) is 4.72 Å². The van der Waals surface area contributed by atoms with Gasteiger partial charge in [-0.25, -0.2) is 0 Å². The molecule has 106 valence electrons. The first-order valence-corrected chi connectivity index (χ1v) is 6.33. The van der Waals surface area contributed by atoms with Crippen LogP contribution in [0, 0.1) is 5.41 Å². The van der Waals surface area contributed by atoms with Crippen molar-refractivity contribution in [1.29, 1.82) is 5.41 Å². The van der Waals surface area contributed by atoms with Crippen LogP contribution in [0.25, 0.3) is 0 Å². The number of hydrogen-bond acceptors (Lipinski definition) is 4. The van der Waals surface area contributed by atoms with Gasteiger partial charge in [0.05, 0.1) is 6.61 Å². The van der Waals surface area contributed by atoms with Gasteiger partial charge in [-0.2, -0.15) is 30.6 Å². The lowest BCUT2D eigenvalue weighted by Gasteiger charge is -2.31. The molecule has 1 aliphatic rings. The van der Waals surface area contributed by atoms with Crippen LogP contribution in [0.1, 0.15) is 0 Å². The lowest BCUT2D eigenvalue weighted by molar-refractivity contribution is -0.121. The predicted octanol–water partition coefficient (Wildman–Crippen LogP) is -0.980. The molecule has 0 spiro atoms. The van der Waals surface area contributed by atoms with Gasteiger partial charge in [0.2, 0.25) is 0 Å². The van der Waals surface area contributed by atoms with Gasteiger partial charge in [-0.3, -0.25) is 5.41 Å². The van der Waals surface area contributed by atoms with Crippen molar-refractivity contribution in [3.63, 3.8) is 0 Å². The quantitative estimate of drug-likeness (QED) is 0.457. The highest BCUT2D eigenvalue weighted by atomic mass is 32.2. The summed E-state index contributed by atoms with van der Waals surface area (Å²) in [6.07, 6.45) is -5.56. The molecule has 0 radical (unpaired) electrons. The van der Waals surface area contributed by atoms with Crippen molar-refractivity contribution < 1.29 is 26.3 Å². The molecule has 1 atom stereocenters. The van der Waals surface area contributed by atoms with E-state index >= 15 is 0 Å². The van der Waals surface area contributed by atoms with E-state index in [1.807, 2.05) is 0 Å². The van der Waals surface area contributed by atoms with Crippen LogP contribution in [-0.4, -0.2) is 57.1 Å². The van der Waals surface area contributed by atoms with Gasteiger partial charge in [0.25, 0.3) is 10.2 Å². The molecule has 1 rings (SSSR count). The molecule has 0 aromatic carbocycles. The Hall–Kier alpha value is -0.910. The number of amidine groups is 1. The number of morpholine rings is 1. The molecule has 11 heteroatoms. The van der Waals surface area contributed by atoms with Gasteiger partial charge >= 0.3 is 6.18 Å². The third-order valence-electron chi connectivity index (χ3n) is 2.17. The zero-order valence-electron chi connectivity index (χ0n) is 9.20. The first kappa shape index (κ1) is 15.1. The molecule has 0 aliphatic carbocycles. The number of ether oxygens (including phenoxy) is 1. The van der Waals surface area contributed by atoms with Crippen LogP contribution in [-0.2, 0) is 14.9 Å². The number of nitrogens with zero attached hydrogens (tertiary/aromatic N) is 1. The summed E-state index contributed by atoms with van der Waals surface area (Å²) in [5.41, 5.74) is 5.15. The zero-order chi connectivity index (χ0) is 14.0. The molecule has 18 heavy (non-hydrogen) atoms. The molecule has 1 heterocycles. The van der Waals surface area contributed by atoms with Crippen LogP contribution < -0.4 is 10.5 Å². The van der Waals surface area contributed by atoms with Crippen molar-refractivity contribution in [3.05, 3.63) is 0 Å². The van der Waals surface area contributed by atoms with E-state index in [0.29, 0.717) is 0 Å². The largest absolute Gasteiger partial charge is 0.402 e. The topological polar surface area (TPSA) is 109 Å². The number of halogens is 3. The Kier molecular flexibility index (Phi) is 4.53. The van der Waals surface area contributed by atoms with E-state index in [1.54, 1.807) is 0 Å². The minimum Gasteiger partial charge on any atom is -0.385 e. The van der Waals surface area contributed by atoms with Crippen molar-refractivity contribution in [2.75, 3.05) is 26.2 Å². The molecule has 0 aromatic rings. The van der Waals surface area contributed by atoms with Crippen LogP contribution in [0.2, 0.25) is 0 Å². The summed E-state index contributed by atoms with van der Waals surface area (Å²) in [7, 11) is -4.25. The van der Waals surface area contributed by atoms with E-state index in [9.17, 15) is 21.6 Å². The van der Waals surface area contributed by atoms with Crippen molar-refractivity contribution in [3.8, 4) is 0 Å². The minimum absolute atomic E-state index is 0.0306. The van der Waals surface area contributed by atoms with Crippen LogP contribution >= 0.6 is 0 Å². The Bertz CT molecular complexity index is 411.